The molecular formula is C24H23BrO5. The standard InChI is InChI=1S/C24H23BrO5/c1-3-29-22(26)20-13-19-21(16-7-5-4-6-8-16)18(15-9-11-17(25)12-10-15)14-24(19,30-20)23(27)28-2/h4-13,18-19,21H,3,14H2,1-2H3/t18-,19?,21-,24-/m0/s1. The first-order chi connectivity index (χ1) is 14.5. The number of ether oxygens (including phenoxy) is 3. The van der Waals surface area contributed by atoms with Gasteiger partial charge in [0, 0.05) is 22.7 Å². The van der Waals surface area contributed by atoms with E-state index in [1.165, 1.54) is 7.11 Å². The number of esters is 2. The topological polar surface area (TPSA) is 61.8 Å². The van der Waals surface area contributed by atoms with Gasteiger partial charge in [0.25, 0.3) is 0 Å². The molecule has 1 unspecified atom stereocenters. The lowest BCUT2D eigenvalue weighted by Gasteiger charge is -2.27. The second-order valence-electron chi connectivity index (χ2n) is 7.56. The SMILES string of the molecule is CCOC(=O)C1=CC2[C@@H](c3ccccc3)[C@H](c3ccc(Br)cc3)C[C@]2(C(=O)OC)O1. The van der Waals surface area contributed by atoms with Crippen molar-refractivity contribution in [2.45, 2.75) is 30.8 Å². The van der Waals surface area contributed by atoms with Gasteiger partial charge in [-0.1, -0.05) is 58.4 Å². The summed E-state index contributed by atoms with van der Waals surface area (Å²) in [7, 11) is 1.35. The molecule has 0 amide bonds. The third-order valence-corrected chi connectivity index (χ3v) is 6.52. The zero-order valence-corrected chi connectivity index (χ0v) is 18.4. The Morgan fingerprint density at radius 2 is 1.80 bits per heavy atom. The predicted molar refractivity (Wildman–Crippen MR) is 115 cm³/mol. The molecule has 0 saturated heterocycles. The Bertz CT molecular complexity index is 969. The highest BCUT2D eigenvalue weighted by molar-refractivity contribution is 9.10. The van der Waals surface area contributed by atoms with Crippen molar-refractivity contribution >= 4 is 27.9 Å². The molecule has 0 spiro atoms. The van der Waals surface area contributed by atoms with Crippen LogP contribution in [-0.2, 0) is 23.8 Å². The van der Waals surface area contributed by atoms with Crippen LogP contribution >= 0.6 is 15.9 Å². The maximum Gasteiger partial charge on any atom is 0.373 e. The number of halogens is 1. The highest BCUT2D eigenvalue weighted by Crippen LogP contribution is 2.60. The summed E-state index contributed by atoms with van der Waals surface area (Å²) in [5, 5.41) is 0. The molecule has 0 bridgehead atoms. The fourth-order valence-corrected chi connectivity index (χ4v) is 5.03. The molecule has 6 heteroatoms. The van der Waals surface area contributed by atoms with E-state index in [9.17, 15) is 9.59 Å². The summed E-state index contributed by atoms with van der Waals surface area (Å²) in [6.45, 7) is 1.97. The summed E-state index contributed by atoms with van der Waals surface area (Å²) in [6, 6.07) is 18.2. The molecule has 1 saturated carbocycles. The second kappa shape index (κ2) is 8.26. The number of methoxy groups -OCH3 is 1. The third kappa shape index (κ3) is 3.43. The highest BCUT2D eigenvalue weighted by atomic mass is 79.9. The molecule has 2 aromatic rings. The predicted octanol–water partition coefficient (Wildman–Crippen LogP) is 4.73. The van der Waals surface area contributed by atoms with Crippen molar-refractivity contribution in [2.75, 3.05) is 13.7 Å². The largest absolute Gasteiger partial charge is 0.468 e. The van der Waals surface area contributed by atoms with Crippen molar-refractivity contribution in [3.63, 3.8) is 0 Å². The van der Waals surface area contributed by atoms with Gasteiger partial charge in [-0.2, -0.15) is 0 Å². The minimum absolute atomic E-state index is 0.0181. The first-order valence-electron chi connectivity index (χ1n) is 9.97. The van der Waals surface area contributed by atoms with Gasteiger partial charge in [-0.15, -0.1) is 0 Å². The highest BCUT2D eigenvalue weighted by Gasteiger charge is 2.64. The summed E-state index contributed by atoms with van der Waals surface area (Å²) in [5.74, 6) is -1.32. The molecule has 2 aromatic carbocycles. The van der Waals surface area contributed by atoms with Gasteiger partial charge in [0.15, 0.2) is 0 Å². The van der Waals surface area contributed by atoms with Crippen molar-refractivity contribution < 1.29 is 23.8 Å². The third-order valence-electron chi connectivity index (χ3n) is 6.00. The van der Waals surface area contributed by atoms with Gasteiger partial charge < -0.3 is 14.2 Å². The zero-order chi connectivity index (χ0) is 21.3. The maximum atomic E-state index is 13.0. The molecule has 5 nitrogen and oxygen atoms in total. The van der Waals surface area contributed by atoms with Crippen LogP contribution in [0.3, 0.4) is 0 Å². The van der Waals surface area contributed by atoms with E-state index in [4.69, 9.17) is 14.2 Å². The molecule has 0 N–H and O–H groups in total. The maximum absolute atomic E-state index is 13.0. The average Bonchev–Trinajstić information content (AvgIpc) is 3.29. The first-order valence-corrected chi connectivity index (χ1v) is 10.8. The van der Waals surface area contributed by atoms with Crippen LogP contribution in [0, 0.1) is 5.92 Å². The van der Waals surface area contributed by atoms with E-state index in [-0.39, 0.29) is 30.1 Å². The van der Waals surface area contributed by atoms with E-state index >= 15 is 0 Å². The zero-order valence-electron chi connectivity index (χ0n) is 16.8. The van der Waals surface area contributed by atoms with Gasteiger partial charge in [0.2, 0.25) is 11.4 Å². The quantitative estimate of drug-likeness (QED) is 0.591. The molecule has 1 heterocycles. The van der Waals surface area contributed by atoms with Crippen molar-refractivity contribution in [3.05, 3.63) is 82.0 Å². The molecular weight excluding hydrogens is 448 g/mol. The van der Waals surface area contributed by atoms with E-state index in [0.29, 0.717) is 6.42 Å². The Balaban J connectivity index is 1.83. The lowest BCUT2D eigenvalue weighted by molar-refractivity contribution is -0.167. The van der Waals surface area contributed by atoms with Crippen LogP contribution in [0.1, 0.15) is 36.3 Å². The normalized spacial score (nSPS) is 27.0. The van der Waals surface area contributed by atoms with Gasteiger partial charge in [0.1, 0.15) is 0 Å². The molecule has 30 heavy (non-hydrogen) atoms. The molecule has 0 aromatic heterocycles. The van der Waals surface area contributed by atoms with Crippen LogP contribution in [0.15, 0.2) is 70.9 Å². The molecule has 4 atom stereocenters. The fraction of sp³-hybridized carbons (Fsp3) is 0.333. The van der Waals surface area contributed by atoms with E-state index in [2.05, 4.69) is 40.2 Å². The number of rotatable bonds is 5. The van der Waals surface area contributed by atoms with Crippen molar-refractivity contribution in [1.29, 1.82) is 0 Å². The van der Waals surface area contributed by atoms with Crippen molar-refractivity contribution in [2.24, 2.45) is 5.92 Å². The van der Waals surface area contributed by atoms with Gasteiger partial charge in [-0.3, -0.25) is 0 Å². The Morgan fingerprint density at radius 1 is 1.10 bits per heavy atom. The number of carbonyl (C=O) groups is 2. The smallest absolute Gasteiger partial charge is 0.373 e. The van der Waals surface area contributed by atoms with Crippen LogP contribution in [0.2, 0.25) is 0 Å². The van der Waals surface area contributed by atoms with E-state index < -0.39 is 17.5 Å². The summed E-state index contributed by atoms with van der Waals surface area (Å²) >= 11 is 3.49. The molecule has 0 radical (unpaired) electrons. The summed E-state index contributed by atoms with van der Waals surface area (Å²) < 4.78 is 17.3. The number of hydrogen-bond donors (Lipinski definition) is 0. The molecule has 2 aliphatic rings. The summed E-state index contributed by atoms with van der Waals surface area (Å²) in [5.41, 5.74) is 0.945. The lowest BCUT2D eigenvalue weighted by Crippen LogP contribution is -2.43. The van der Waals surface area contributed by atoms with Gasteiger partial charge in [0.05, 0.1) is 13.7 Å². The lowest BCUT2D eigenvalue weighted by atomic mass is 9.78. The molecule has 1 fully saturated rings. The number of carbonyl (C=O) groups excluding carboxylic acids is 2. The van der Waals surface area contributed by atoms with E-state index in [1.54, 1.807) is 13.0 Å². The average molecular weight is 471 g/mol. The Hall–Kier alpha value is -2.60. The van der Waals surface area contributed by atoms with Crippen LogP contribution in [0.4, 0.5) is 0 Å². The first kappa shape index (κ1) is 20.7. The Kier molecular flexibility index (Phi) is 5.69. The minimum atomic E-state index is -1.25. The fourth-order valence-electron chi connectivity index (χ4n) is 4.77. The number of hydrogen-bond acceptors (Lipinski definition) is 5. The van der Waals surface area contributed by atoms with Gasteiger partial charge in [-0.05, 0) is 42.2 Å². The van der Waals surface area contributed by atoms with E-state index in [0.717, 1.165) is 15.6 Å². The molecule has 156 valence electrons. The van der Waals surface area contributed by atoms with Crippen LogP contribution in [0.25, 0.3) is 0 Å². The Labute approximate surface area is 184 Å². The number of benzene rings is 2. The summed E-state index contributed by atoms with van der Waals surface area (Å²) in [6.07, 6.45) is 2.16. The van der Waals surface area contributed by atoms with Crippen molar-refractivity contribution in [1.82, 2.24) is 0 Å². The molecule has 4 rings (SSSR count). The molecule has 1 aliphatic heterocycles. The molecule has 1 aliphatic carbocycles. The van der Waals surface area contributed by atoms with Gasteiger partial charge >= 0.3 is 11.9 Å². The van der Waals surface area contributed by atoms with Crippen LogP contribution in [-0.4, -0.2) is 31.3 Å². The van der Waals surface area contributed by atoms with Crippen molar-refractivity contribution in [3.8, 4) is 0 Å². The van der Waals surface area contributed by atoms with E-state index in [1.807, 2.05) is 30.3 Å². The van der Waals surface area contributed by atoms with Crippen LogP contribution in [0.5, 0.6) is 0 Å². The minimum Gasteiger partial charge on any atom is -0.468 e. The Morgan fingerprint density at radius 3 is 2.43 bits per heavy atom. The van der Waals surface area contributed by atoms with Gasteiger partial charge in [-0.25, -0.2) is 9.59 Å². The monoisotopic (exact) mass is 470 g/mol. The van der Waals surface area contributed by atoms with Crippen LogP contribution < -0.4 is 0 Å². The second-order valence-corrected chi connectivity index (χ2v) is 8.47. The number of fused-ring (bicyclic) bond motifs is 1. The summed E-state index contributed by atoms with van der Waals surface area (Å²) in [4.78, 5) is 25.4.